The second kappa shape index (κ2) is 9.59. The van der Waals surface area contributed by atoms with E-state index in [-0.39, 0.29) is 27.0 Å². The minimum absolute atomic E-state index is 0.0645. The number of rotatable bonds is 7. The van der Waals surface area contributed by atoms with Gasteiger partial charge in [0.1, 0.15) is 0 Å². The van der Waals surface area contributed by atoms with Crippen molar-refractivity contribution in [2.24, 2.45) is 0 Å². The van der Waals surface area contributed by atoms with Crippen LogP contribution >= 0.6 is 46.1 Å². The van der Waals surface area contributed by atoms with Crippen molar-refractivity contribution in [2.75, 3.05) is 5.32 Å². The Morgan fingerprint density at radius 2 is 1.89 bits per heavy atom. The first kappa shape index (κ1) is 21.8. The zero-order valence-corrected chi connectivity index (χ0v) is 17.6. The number of anilines is 1. The van der Waals surface area contributed by atoms with Gasteiger partial charge >= 0.3 is 10.8 Å². The molecule has 0 bridgehead atoms. The lowest BCUT2D eigenvalue weighted by Crippen LogP contribution is -2.30. The highest BCUT2D eigenvalue weighted by atomic mass is 35.5. The van der Waals surface area contributed by atoms with Crippen LogP contribution in [0.3, 0.4) is 0 Å². The summed E-state index contributed by atoms with van der Waals surface area (Å²) in [7, 11) is 0. The largest absolute Gasteiger partial charge is 0.453 e. The van der Waals surface area contributed by atoms with Gasteiger partial charge in [-0.05, 0) is 32.4 Å². The van der Waals surface area contributed by atoms with Gasteiger partial charge in [0.05, 0.1) is 15.7 Å². The van der Waals surface area contributed by atoms with E-state index in [0.29, 0.717) is 18.0 Å². The Labute approximate surface area is 175 Å². The number of hydrogen-bond acceptors (Lipinski definition) is 5. The van der Waals surface area contributed by atoms with Crippen molar-refractivity contribution in [2.45, 2.75) is 39.3 Å². The van der Waals surface area contributed by atoms with Crippen LogP contribution in [0.4, 0.5) is 5.69 Å². The van der Waals surface area contributed by atoms with Gasteiger partial charge in [-0.3, -0.25) is 14.4 Å². The summed E-state index contributed by atoms with van der Waals surface area (Å²) in [5.41, 5.74) is 1.05. The van der Waals surface area contributed by atoms with Gasteiger partial charge in [0.25, 0.3) is 5.91 Å². The predicted molar refractivity (Wildman–Crippen MR) is 108 cm³/mol. The van der Waals surface area contributed by atoms with Gasteiger partial charge in [0, 0.05) is 29.1 Å². The molecule has 1 heterocycles. The lowest BCUT2D eigenvalue weighted by molar-refractivity contribution is -0.153. The van der Waals surface area contributed by atoms with E-state index in [1.807, 2.05) is 6.92 Å². The normalized spacial score (nSPS) is 11.9. The van der Waals surface area contributed by atoms with Crippen LogP contribution in [0.2, 0.25) is 15.1 Å². The van der Waals surface area contributed by atoms with Crippen molar-refractivity contribution in [1.82, 2.24) is 4.57 Å². The number of nitrogens with one attached hydrogen (secondary N) is 1. The van der Waals surface area contributed by atoms with E-state index in [0.717, 1.165) is 17.0 Å². The number of hydrogen-bond donors (Lipinski definition) is 1. The van der Waals surface area contributed by atoms with Gasteiger partial charge in [-0.2, -0.15) is 0 Å². The zero-order valence-electron chi connectivity index (χ0n) is 14.6. The first-order chi connectivity index (χ1) is 12.7. The molecule has 1 amide bonds. The monoisotopic (exact) mass is 450 g/mol. The van der Waals surface area contributed by atoms with E-state index >= 15 is 0 Å². The Hall–Kier alpha value is -1.54. The molecular weight excluding hydrogens is 435 g/mol. The van der Waals surface area contributed by atoms with Crippen molar-refractivity contribution in [1.29, 1.82) is 0 Å². The van der Waals surface area contributed by atoms with Crippen molar-refractivity contribution >= 4 is 63.7 Å². The number of thiazole rings is 1. The summed E-state index contributed by atoms with van der Waals surface area (Å²) in [5.74, 6) is -1.11. The first-order valence-corrected chi connectivity index (χ1v) is 10.00. The quantitative estimate of drug-likeness (QED) is 0.627. The number of halogens is 3. The zero-order chi connectivity index (χ0) is 20.1. The molecule has 2 rings (SSSR count). The number of carbonyl (C=O) groups excluding carboxylic acids is 2. The van der Waals surface area contributed by atoms with Gasteiger partial charge in [-0.1, -0.05) is 46.1 Å². The van der Waals surface area contributed by atoms with Crippen molar-refractivity contribution in [3.05, 3.63) is 47.9 Å². The number of nitrogens with zero attached hydrogens (tertiary/aromatic N) is 1. The predicted octanol–water partition coefficient (Wildman–Crippen LogP) is 4.53. The third-order valence-electron chi connectivity index (χ3n) is 3.67. The SMILES string of the molecule is Cc1csc(=O)n1CCCC(=O)OC(C)C(=O)Nc1c(Cl)cc(Cl)cc1Cl. The topological polar surface area (TPSA) is 77.4 Å². The third kappa shape index (κ3) is 5.97. The molecule has 2 aromatic rings. The molecule has 0 saturated heterocycles. The molecule has 27 heavy (non-hydrogen) atoms. The molecule has 0 spiro atoms. The Morgan fingerprint density at radius 3 is 2.44 bits per heavy atom. The van der Waals surface area contributed by atoms with E-state index in [4.69, 9.17) is 39.5 Å². The fourth-order valence-electron chi connectivity index (χ4n) is 2.25. The van der Waals surface area contributed by atoms with Crippen LogP contribution in [-0.2, 0) is 20.9 Å². The van der Waals surface area contributed by atoms with Crippen molar-refractivity contribution < 1.29 is 14.3 Å². The van der Waals surface area contributed by atoms with E-state index in [1.165, 1.54) is 19.1 Å². The molecule has 1 atom stereocenters. The van der Waals surface area contributed by atoms with Crippen LogP contribution in [0.5, 0.6) is 0 Å². The molecule has 1 unspecified atom stereocenters. The maximum atomic E-state index is 12.2. The molecule has 6 nitrogen and oxygen atoms in total. The van der Waals surface area contributed by atoms with Crippen LogP contribution in [-0.4, -0.2) is 22.5 Å². The van der Waals surface area contributed by atoms with Gasteiger partial charge in [0.2, 0.25) is 0 Å². The van der Waals surface area contributed by atoms with Crippen LogP contribution in [0.25, 0.3) is 0 Å². The molecule has 0 aliphatic carbocycles. The average molecular weight is 452 g/mol. The highest BCUT2D eigenvalue weighted by Gasteiger charge is 2.20. The number of ether oxygens (including phenoxy) is 1. The van der Waals surface area contributed by atoms with Gasteiger partial charge < -0.3 is 14.6 Å². The van der Waals surface area contributed by atoms with E-state index < -0.39 is 18.0 Å². The average Bonchev–Trinajstić information content (AvgIpc) is 2.89. The maximum absolute atomic E-state index is 12.2. The van der Waals surface area contributed by atoms with Gasteiger partial charge in [0.15, 0.2) is 6.10 Å². The lowest BCUT2D eigenvalue weighted by Gasteiger charge is -2.15. The number of benzene rings is 1. The molecule has 10 heteroatoms. The second-order valence-electron chi connectivity index (χ2n) is 5.76. The van der Waals surface area contributed by atoms with Crippen molar-refractivity contribution in [3.63, 3.8) is 0 Å². The van der Waals surface area contributed by atoms with Crippen LogP contribution in [0.1, 0.15) is 25.5 Å². The molecule has 0 aliphatic heterocycles. The van der Waals surface area contributed by atoms with Gasteiger partial charge in [-0.25, -0.2) is 0 Å². The Morgan fingerprint density at radius 1 is 1.26 bits per heavy atom. The molecule has 0 saturated carbocycles. The molecule has 146 valence electrons. The van der Waals surface area contributed by atoms with Crippen LogP contribution in [0.15, 0.2) is 22.3 Å². The standard InChI is InChI=1S/C17H17Cl3N2O4S/c1-9-8-27-17(25)22(9)5-3-4-14(23)26-10(2)16(24)21-15-12(19)6-11(18)7-13(15)20/h6-8,10H,3-5H2,1-2H3,(H,21,24). The third-order valence-corrected chi connectivity index (χ3v) is 5.37. The van der Waals surface area contributed by atoms with Gasteiger partial charge in [-0.15, -0.1) is 0 Å². The van der Waals surface area contributed by atoms with Crippen LogP contribution < -0.4 is 10.2 Å². The molecular formula is C17H17Cl3N2O4S. The second-order valence-corrected chi connectivity index (χ2v) is 7.84. The molecule has 1 aromatic carbocycles. The maximum Gasteiger partial charge on any atom is 0.307 e. The van der Waals surface area contributed by atoms with Crippen LogP contribution in [0, 0.1) is 6.92 Å². The fourth-order valence-corrected chi connectivity index (χ4v) is 3.92. The number of amides is 1. The molecule has 0 radical (unpaired) electrons. The summed E-state index contributed by atoms with van der Waals surface area (Å²) in [4.78, 5) is 35.7. The van der Waals surface area contributed by atoms with E-state index in [1.54, 1.807) is 9.95 Å². The smallest absolute Gasteiger partial charge is 0.307 e. The summed E-state index contributed by atoms with van der Waals surface area (Å²) in [6.07, 6.45) is -0.521. The number of carbonyl (C=O) groups is 2. The Kier molecular flexibility index (Phi) is 7.73. The number of aromatic nitrogens is 1. The summed E-state index contributed by atoms with van der Waals surface area (Å²) < 4.78 is 6.72. The number of aryl methyl sites for hydroxylation is 1. The van der Waals surface area contributed by atoms with E-state index in [2.05, 4.69) is 5.32 Å². The summed E-state index contributed by atoms with van der Waals surface area (Å²) >= 11 is 19.0. The minimum Gasteiger partial charge on any atom is -0.453 e. The highest BCUT2D eigenvalue weighted by Crippen LogP contribution is 2.33. The highest BCUT2D eigenvalue weighted by molar-refractivity contribution is 7.07. The minimum atomic E-state index is -1.04. The van der Waals surface area contributed by atoms with E-state index in [9.17, 15) is 14.4 Å². The molecule has 1 N–H and O–H groups in total. The fraction of sp³-hybridized carbons (Fsp3) is 0.353. The Balaban J connectivity index is 1.85. The summed E-state index contributed by atoms with van der Waals surface area (Å²) in [6, 6.07) is 2.88. The summed E-state index contributed by atoms with van der Waals surface area (Å²) in [6.45, 7) is 3.69. The molecule has 1 aromatic heterocycles. The molecule has 0 aliphatic rings. The number of esters is 1. The van der Waals surface area contributed by atoms with Crippen molar-refractivity contribution in [3.8, 4) is 0 Å². The summed E-state index contributed by atoms with van der Waals surface area (Å²) in [5, 5.41) is 4.97. The first-order valence-electron chi connectivity index (χ1n) is 7.99. The Bertz CT molecular complexity index is 887. The lowest BCUT2D eigenvalue weighted by atomic mass is 10.2. The molecule has 0 fully saturated rings.